The summed E-state index contributed by atoms with van der Waals surface area (Å²) >= 11 is 0. The van der Waals surface area contributed by atoms with E-state index in [1.54, 1.807) is 0 Å². The molecule has 0 unspecified atom stereocenters. The van der Waals surface area contributed by atoms with Crippen LogP contribution in [0.4, 0.5) is 0 Å². The van der Waals surface area contributed by atoms with E-state index in [1.165, 1.54) is 5.56 Å². The first-order chi connectivity index (χ1) is 10.3. The average Bonchev–Trinajstić information content (AvgIpc) is 2.95. The van der Waals surface area contributed by atoms with E-state index in [0.717, 1.165) is 52.2 Å². The monoisotopic (exact) mass is 289 g/mol. The van der Waals surface area contributed by atoms with Crippen LogP contribution in [0.3, 0.4) is 0 Å². The summed E-state index contributed by atoms with van der Waals surface area (Å²) in [5.74, 6) is 0.384. The van der Waals surface area contributed by atoms with Crippen LogP contribution in [0.15, 0.2) is 24.5 Å². The molecule has 1 atom stereocenters. The quantitative estimate of drug-likeness (QED) is 0.837. The molecule has 1 aromatic heterocycles. The minimum Gasteiger partial charge on any atom is -0.381 e. The maximum atomic E-state index is 12.4. The van der Waals surface area contributed by atoms with Gasteiger partial charge in [0.1, 0.15) is 0 Å². The molecule has 2 saturated heterocycles. The van der Waals surface area contributed by atoms with Crippen molar-refractivity contribution < 1.29 is 9.53 Å². The number of pyridine rings is 1. The number of amides is 1. The zero-order chi connectivity index (χ0) is 14.5. The van der Waals surface area contributed by atoms with Gasteiger partial charge in [-0.15, -0.1) is 0 Å². The Hall–Kier alpha value is -1.46. The van der Waals surface area contributed by atoms with Crippen molar-refractivity contribution >= 4 is 5.91 Å². The van der Waals surface area contributed by atoms with Gasteiger partial charge in [0.15, 0.2) is 0 Å². The van der Waals surface area contributed by atoms with Crippen molar-refractivity contribution in [2.45, 2.75) is 19.4 Å². The van der Waals surface area contributed by atoms with Gasteiger partial charge in [0.05, 0.1) is 12.5 Å². The molecule has 0 aromatic carbocycles. The molecule has 2 fully saturated rings. The Balaban J connectivity index is 1.53. The molecule has 0 radical (unpaired) electrons. The molecule has 2 aliphatic heterocycles. The van der Waals surface area contributed by atoms with Crippen molar-refractivity contribution in [3.63, 3.8) is 0 Å². The van der Waals surface area contributed by atoms with Crippen LogP contribution in [0.1, 0.15) is 18.4 Å². The van der Waals surface area contributed by atoms with Crippen molar-refractivity contribution in [3.05, 3.63) is 30.1 Å². The Morgan fingerprint density at radius 3 is 2.86 bits per heavy atom. The van der Waals surface area contributed by atoms with E-state index >= 15 is 0 Å². The highest BCUT2D eigenvalue weighted by Crippen LogP contribution is 2.17. The molecular weight excluding hydrogens is 266 g/mol. The van der Waals surface area contributed by atoms with Crippen molar-refractivity contribution in [2.75, 3.05) is 39.4 Å². The van der Waals surface area contributed by atoms with Crippen LogP contribution in [0.5, 0.6) is 0 Å². The van der Waals surface area contributed by atoms with E-state index in [-0.39, 0.29) is 5.92 Å². The van der Waals surface area contributed by atoms with Crippen molar-refractivity contribution in [2.24, 2.45) is 5.92 Å². The van der Waals surface area contributed by atoms with Crippen LogP contribution in [0.25, 0.3) is 0 Å². The summed E-state index contributed by atoms with van der Waals surface area (Å²) in [6.45, 7) is 5.99. The number of rotatable bonds is 3. The van der Waals surface area contributed by atoms with Gasteiger partial charge >= 0.3 is 0 Å². The Kier molecular flexibility index (Phi) is 4.83. The number of nitrogens with zero attached hydrogens (tertiary/aromatic N) is 3. The average molecular weight is 289 g/mol. The molecule has 5 heteroatoms. The first kappa shape index (κ1) is 14.5. The third-order valence-electron chi connectivity index (χ3n) is 4.33. The van der Waals surface area contributed by atoms with Gasteiger partial charge in [-0.3, -0.25) is 14.7 Å². The summed E-state index contributed by atoms with van der Waals surface area (Å²) < 4.78 is 5.34. The highest BCUT2D eigenvalue weighted by atomic mass is 16.5. The maximum Gasteiger partial charge on any atom is 0.228 e. The summed E-state index contributed by atoms with van der Waals surface area (Å²) in [6.07, 6.45) is 5.60. The van der Waals surface area contributed by atoms with Crippen molar-refractivity contribution in [3.8, 4) is 0 Å². The SMILES string of the molecule is O=C([C@@H]1CCOC1)N1CCCN(Cc2ccncc2)CC1. The summed E-state index contributed by atoms with van der Waals surface area (Å²) in [7, 11) is 0. The lowest BCUT2D eigenvalue weighted by molar-refractivity contribution is -0.135. The minimum atomic E-state index is 0.0942. The van der Waals surface area contributed by atoms with Gasteiger partial charge in [0.25, 0.3) is 0 Å². The van der Waals surface area contributed by atoms with E-state index in [0.29, 0.717) is 12.5 Å². The van der Waals surface area contributed by atoms with Gasteiger partial charge in [-0.2, -0.15) is 0 Å². The summed E-state index contributed by atoms with van der Waals surface area (Å²) in [5, 5.41) is 0. The maximum absolute atomic E-state index is 12.4. The van der Waals surface area contributed by atoms with Gasteiger partial charge in [-0.1, -0.05) is 0 Å². The molecule has 0 aliphatic carbocycles. The molecule has 0 saturated carbocycles. The predicted molar refractivity (Wildman–Crippen MR) is 79.6 cm³/mol. The topological polar surface area (TPSA) is 45.7 Å². The number of aromatic nitrogens is 1. The van der Waals surface area contributed by atoms with Gasteiger partial charge < -0.3 is 9.64 Å². The van der Waals surface area contributed by atoms with Crippen LogP contribution < -0.4 is 0 Å². The molecule has 21 heavy (non-hydrogen) atoms. The normalized spacial score (nSPS) is 24.0. The zero-order valence-electron chi connectivity index (χ0n) is 12.4. The smallest absolute Gasteiger partial charge is 0.228 e. The van der Waals surface area contributed by atoms with E-state index in [2.05, 4.69) is 22.0 Å². The summed E-state index contributed by atoms with van der Waals surface area (Å²) in [4.78, 5) is 20.9. The fourth-order valence-electron chi connectivity index (χ4n) is 3.08. The molecule has 5 nitrogen and oxygen atoms in total. The number of ether oxygens (including phenoxy) is 1. The first-order valence-corrected chi connectivity index (χ1v) is 7.81. The van der Waals surface area contributed by atoms with Gasteiger partial charge in [-0.25, -0.2) is 0 Å². The first-order valence-electron chi connectivity index (χ1n) is 7.81. The number of carbonyl (C=O) groups excluding carboxylic acids is 1. The second kappa shape index (κ2) is 7.00. The number of carbonyl (C=O) groups is 1. The number of hydrogen-bond donors (Lipinski definition) is 0. The fourth-order valence-corrected chi connectivity index (χ4v) is 3.08. The Bertz CT molecular complexity index is 460. The van der Waals surface area contributed by atoms with Crippen molar-refractivity contribution in [1.82, 2.24) is 14.8 Å². The highest BCUT2D eigenvalue weighted by molar-refractivity contribution is 5.79. The van der Waals surface area contributed by atoms with E-state index in [9.17, 15) is 4.79 Å². The predicted octanol–water partition coefficient (Wildman–Crippen LogP) is 1.15. The minimum absolute atomic E-state index is 0.0942. The third kappa shape index (κ3) is 3.80. The second-order valence-corrected chi connectivity index (χ2v) is 5.87. The number of hydrogen-bond acceptors (Lipinski definition) is 4. The molecule has 0 bridgehead atoms. The van der Waals surface area contributed by atoms with Crippen LogP contribution in [-0.4, -0.2) is 60.1 Å². The lowest BCUT2D eigenvalue weighted by Crippen LogP contribution is -2.39. The van der Waals surface area contributed by atoms with Crippen LogP contribution in [-0.2, 0) is 16.1 Å². The molecule has 1 aromatic rings. The molecule has 0 spiro atoms. The molecule has 2 aliphatic rings. The van der Waals surface area contributed by atoms with Crippen LogP contribution in [0.2, 0.25) is 0 Å². The van der Waals surface area contributed by atoms with E-state index in [4.69, 9.17) is 4.74 Å². The van der Waals surface area contributed by atoms with Gasteiger partial charge in [0, 0.05) is 51.7 Å². The Morgan fingerprint density at radius 2 is 2.10 bits per heavy atom. The van der Waals surface area contributed by atoms with E-state index < -0.39 is 0 Å². The molecule has 114 valence electrons. The third-order valence-corrected chi connectivity index (χ3v) is 4.33. The highest BCUT2D eigenvalue weighted by Gasteiger charge is 2.29. The van der Waals surface area contributed by atoms with Crippen LogP contribution in [0, 0.1) is 5.92 Å². The molecule has 1 amide bonds. The lowest BCUT2D eigenvalue weighted by Gasteiger charge is -2.24. The Morgan fingerprint density at radius 1 is 1.24 bits per heavy atom. The van der Waals surface area contributed by atoms with Gasteiger partial charge in [-0.05, 0) is 30.5 Å². The molecule has 0 N–H and O–H groups in total. The van der Waals surface area contributed by atoms with Crippen molar-refractivity contribution in [1.29, 1.82) is 0 Å². The largest absolute Gasteiger partial charge is 0.381 e. The molecular formula is C16H23N3O2. The molecule has 3 rings (SSSR count). The van der Waals surface area contributed by atoms with Gasteiger partial charge in [0.2, 0.25) is 5.91 Å². The Labute approximate surface area is 125 Å². The van der Waals surface area contributed by atoms with E-state index in [1.807, 2.05) is 17.3 Å². The fraction of sp³-hybridized carbons (Fsp3) is 0.625. The summed E-state index contributed by atoms with van der Waals surface area (Å²) in [6, 6.07) is 4.12. The lowest BCUT2D eigenvalue weighted by atomic mass is 10.1. The standard InChI is InChI=1S/C16H23N3O2/c20-16(15-4-11-21-13-15)19-8-1-7-18(9-10-19)12-14-2-5-17-6-3-14/h2-3,5-6,15H,1,4,7-13H2/t15-/m1/s1. The summed E-state index contributed by atoms with van der Waals surface area (Å²) in [5.41, 5.74) is 1.29. The molecule has 3 heterocycles. The zero-order valence-corrected chi connectivity index (χ0v) is 12.4. The second-order valence-electron chi connectivity index (χ2n) is 5.87. The van der Waals surface area contributed by atoms with Crippen LogP contribution >= 0.6 is 0 Å².